The largest absolute Gasteiger partial charge is 0.333 e. The maximum absolute atomic E-state index is 6.19. The summed E-state index contributed by atoms with van der Waals surface area (Å²) in [5.41, 5.74) is 4.60. The molecule has 6 aromatic rings. The van der Waals surface area contributed by atoms with Crippen molar-refractivity contribution in [1.82, 2.24) is 19.3 Å². The van der Waals surface area contributed by atoms with Gasteiger partial charge in [-0.15, -0.1) is 10.2 Å². The maximum atomic E-state index is 6.19. The molecular weight excluding hydrogens is 460 g/mol. The van der Waals surface area contributed by atoms with Gasteiger partial charge in [0.15, 0.2) is 11.0 Å². The fourth-order valence-corrected chi connectivity index (χ4v) is 5.55. The lowest BCUT2D eigenvalue weighted by Crippen LogP contribution is -2.08. The van der Waals surface area contributed by atoms with E-state index in [0.717, 1.165) is 33.0 Å². The van der Waals surface area contributed by atoms with Crippen LogP contribution in [-0.4, -0.2) is 19.3 Å². The Morgan fingerprint density at radius 3 is 2.09 bits per heavy atom. The SMILES string of the molecule is Clc1cccc(CSc2nnc(Cn3c4ccccc4c4ccccc43)n2-c2ccccc2)c1. The van der Waals surface area contributed by atoms with Gasteiger partial charge in [-0.1, -0.05) is 90.1 Å². The van der Waals surface area contributed by atoms with Crippen molar-refractivity contribution >= 4 is 45.2 Å². The van der Waals surface area contributed by atoms with Crippen LogP contribution >= 0.6 is 23.4 Å². The van der Waals surface area contributed by atoms with Crippen LogP contribution in [0.3, 0.4) is 0 Å². The zero-order valence-corrected chi connectivity index (χ0v) is 19.9. The summed E-state index contributed by atoms with van der Waals surface area (Å²) in [6.45, 7) is 0.619. The summed E-state index contributed by atoms with van der Waals surface area (Å²) >= 11 is 7.85. The molecule has 0 unspecified atom stereocenters. The van der Waals surface area contributed by atoms with E-state index >= 15 is 0 Å². The van der Waals surface area contributed by atoms with E-state index in [1.807, 2.05) is 36.4 Å². The summed E-state index contributed by atoms with van der Waals surface area (Å²) in [6, 6.07) is 35.4. The van der Waals surface area contributed by atoms with Gasteiger partial charge in [0.05, 0.1) is 6.54 Å². The number of rotatable bonds is 6. The van der Waals surface area contributed by atoms with Gasteiger partial charge in [-0.25, -0.2) is 0 Å². The summed E-state index contributed by atoms with van der Waals surface area (Å²) in [4.78, 5) is 0. The Balaban J connectivity index is 1.43. The molecule has 0 amide bonds. The van der Waals surface area contributed by atoms with Crippen molar-refractivity contribution in [2.24, 2.45) is 0 Å². The average molecular weight is 481 g/mol. The highest BCUT2D eigenvalue weighted by Crippen LogP contribution is 2.31. The molecule has 6 rings (SSSR count). The number of thioether (sulfide) groups is 1. The first-order chi connectivity index (χ1) is 16.8. The molecule has 0 aliphatic carbocycles. The predicted octanol–water partition coefficient (Wildman–Crippen LogP) is 7.37. The average Bonchev–Trinajstić information content (AvgIpc) is 3.43. The molecule has 2 aromatic heterocycles. The summed E-state index contributed by atoms with van der Waals surface area (Å²) in [5, 5.41) is 13.4. The molecule has 0 radical (unpaired) electrons. The molecule has 2 heterocycles. The number of para-hydroxylation sites is 3. The maximum Gasteiger partial charge on any atom is 0.196 e. The number of hydrogen-bond donors (Lipinski definition) is 0. The molecule has 0 saturated heterocycles. The van der Waals surface area contributed by atoms with Gasteiger partial charge >= 0.3 is 0 Å². The van der Waals surface area contributed by atoms with Gasteiger partial charge in [0.2, 0.25) is 0 Å². The monoisotopic (exact) mass is 480 g/mol. The summed E-state index contributed by atoms with van der Waals surface area (Å²) in [7, 11) is 0. The van der Waals surface area contributed by atoms with Crippen molar-refractivity contribution in [1.29, 1.82) is 0 Å². The van der Waals surface area contributed by atoms with Crippen molar-refractivity contribution in [2.45, 2.75) is 17.5 Å². The number of aromatic nitrogens is 4. The minimum atomic E-state index is 0.619. The third-order valence-electron chi connectivity index (χ3n) is 5.95. The zero-order chi connectivity index (χ0) is 22.9. The Morgan fingerprint density at radius 2 is 1.38 bits per heavy atom. The van der Waals surface area contributed by atoms with Crippen molar-refractivity contribution in [2.75, 3.05) is 0 Å². The van der Waals surface area contributed by atoms with E-state index in [1.165, 1.54) is 21.8 Å². The Kier molecular flexibility index (Phi) is 5.57. The number of nitrogens with zero attached hydrogens (tertiary/aromatic N) is 4. The molecule has 0 aliphatic heterocycles. The van der Waals surface area contributed by atoms with Crippen LogP contribution in [0.4, 0.5) is 0 Å². The molecule has 34 heavy (non-hydrogen) atoms. The topological polar surface area (TPSA) is 35.6 Å². The minimum Gasteiger partial charge on any atom is -0.333 e. The number of hydrogen-bond acceptors (Lipinski definition) is 3. The van der Waals surface area contributed by atoms with Crippen LogP contribution in [0.5, 0.6) is 0 Å². The van der Waals surface area contributed by atoms with Crippen molar-refractivity contribution in [3.05, 3.63) is 120 Å². The molecule has 0 aliphatic rings. The Bertz CT molecular complexity index is 1550. The molecule has 6 heteroatoms. The highest BCUT2D eigenvalue weighted by molar-refractivity contribution is 7.98. The first-order valence-corrected chi connectivity index (χ1v) is 12.5. The number of fused-ring (bicyclic) bond motifs is 3. The quantitative estimate of drug-likeness (QED) is 0.233. The van der Waals surface area contributed by atoms with E-state index in [1.54, 1.807) is 11.8 Å². The van der Waals surface area contributed by atoms with Crippen LogP contribution < -0.4 is 0 Å². The van der Waals surface area contributed by atoms with Gasteiger partial charge in [0, 0.05) is 38.3 Å². The summed E-state index contributed by atoms with van der Waals surface area (Å²) in [6.07, 6.45) is 0. The molecule has 0 fully saturated rings. The van der Waals surface area contributed by atoms with Gasteiger partial charge < -0.3 is 4.57 Å². The molecule has 166 valence electrons. The van der Waals surface area contributed by atoms with Gasteiger partial charge in [0.1, 0.15) is 0 Å². The van der Waals surface area contributed by atoms with E-state index in [-0.39, 0.29) is 0 Å². The van der Waals surface area contributed by atoms with Crippen LogP contribution in [-0.2, 0) is 12.3 Å². The minimum absolute atomic E-state index is 0.619. The third kappa shape index (κ3) is 3.87. The van der Waals surface area contributed by atoms with Crippen LogP contribution in [0.2, 0.25) is 5.02 Å². The van der Waals surface area contributed by atoms with Gasteiger partial charge in [-0.3, -0.25) is 4.57 Å². The zero-order valence-electron chi connectivity index (χ0n) is 18.3. The molecule has 4 aromatic carbocycles. The second-order valence-electron chi connectivity index (χ2n) is 8.11. The van der Waals surface area contributed by atoms with Crippen molar-refractivity contribution < 1.29 is 0 Å². The molecule has 4 nitrogen and oxygen atoms in total. The molecule has 0 bridgehead atoms. The third-order valence-corrected chi connectivity index (χ3v) is 7.19. The van der Waals surface area contributed by atoms with Crippen molar-refractivity contribution in [3.63, 3.8) is 0 Å². The summed E-state index contributed by atoms with van der Waals surface area (Å²) in [5.74, 6) is 1.66. The van der Waals surface area contributed by atoms with Crippen LogP contribution in [0.15, 0.2) is 108 Å². The van der Waals surface area contributed by atoms with E-state index in [0.29, 0.717) is 6.54 Å². The standard InChI is InChI=1S/C28H21ClN4S/c29-21-10-8-9-20(17-21)19-34-28-31-30-27(33(28)22-11-2-1-3-12-22)18-32-25-15-6-4-13-23(25)24-14-5-7-16-26(24)32/h1-17H,18-19H2. The first-order valence-electron chi connectivity index (χ1n) is 11.1. The van der Waals surface area contributed by atoms with Gasteiger partial charge in [-0.05, 0) is 42.0 Å². The smallest absolute Gasteiger partial charge is 0.196 e. The number of benzene rings is 4. The lowest BCUT2D eigenvalue weighted by molar-refractivity contribution is 0.754. The molecule has 0 saturated carbocycles. The van der Waals surface area contributed by atoms with Crippen LogP contribution in [0.1, 0.15) is 11.4 Å². The lowest BCUT2D eigenvalue weighted by Gasteiger charge is -2.12. The fourth-order valence-electron chi connectivity index (χ4n) is 4.42. The first kappa shape index (κ1) is 21.0. The Morgan fingerprint density at radius 1 is 0.706 bits per heavy atom. The molecule has 0 atom stereocenters. The van der Waals surface area contributed by atoms with E-state index in [2.05, 4.69) is 86.1 Å². The van der Waals surface area contributed by atoms with Gasteiger partial charge in [0.25, 0.3) is 0 Å². The van der Waals surface area contributed by atoms with E-state index in [9.17, 15) is 0 Å². The molecule has 0 spiro atoms. The Labute approximate surface area is 206 Å². The number of halogens is 1. The van der Waals surface area contributed by atoms with Crippen molar-refractivity contribution in [3.8, 4) is 5.69 Å². The predicted molar refractivity (Wildman–Crippen MR) is 141 cm³/mol. The summed E-state index contributed by atoms with van der Waals surface area (Å²) < 4.78 is 4.50. The van der Waals surface area contributed by atoms with E-state index < -0.39 is 0 Å². The highest BCUT2D eigenvalue weighted by atomic mass is 35.5. The highest BCUT2D eigenvalue weighted by Gasteiger charge is 2.18. The fraction of sp³-hybridized carbons (Fsp3) is 0.0714. The van der Waals surface area contributed by atoms with Crippen LogP contribution in [0.25, 0.3) is 27.5 Å². The molecule has 0 N–H and O–H groups in total. The van der Waals surface area contributed by atoms with Crippen LogP contribution in [0, 0.1) is 0 Å². The normalized spacial score (nSPS) is 11.4. The molecular formula is C28H21ClN4S. The van der Waals surface area contributed by atoms with E-state index in [4.69, 9.17) is 11.6 Å². The second-order valence-corrected chi connectivity index (χ2v) is 9.49. The second kappa shape index (κ2) is 9.01. The Hall–Kier alpha value is -3.54. The van der Waals surface area contributed by atoms with Gasteiger partial charge in [-0.2, -0.15) is 0 Å². The lowest BCUT2D eigenvalue weighted by atomic mass is 10.2.